The predicted octanol–water partition coefficient (Wildman–Crippen LogP) is 3.18. The van der Waals surface area contributed by atoms with Gasteiger partial charge in [0, 0.05) is 60.9 Å². The van der Waals surface area contributed by atoms with E-state index >= 15 is 0 Å². The zero-order valence-electron chi connectivity index (χ0n) is 20.2. The van der Waals surface area contributed by atoms with Crippen LogP contribution in [0.15, 0.2) is 63.3 Å². The Hall–Kier alpha value is -2.92. The van der Waals surface area contributed by atoms with Crippen molar-refractivity contribution in [2.45, 2.75) is 29.1 Å². The highest BCUT2D eigenvalue weighted by molar-refractivity contribution is 7.99. The second-order valence-corrected chi connectivity index (χ2v) is 9.39. The summed E-state index contributed by atoms with van der Waals surface area (Å²) >= 11 is 1.80. The number of hydrogen-bond donors (Lipinski definition) is 3. The predicted molar refractivity (Wildman–Crippen MR) is 138 cm³/mol. The highest BCUT2D eigenvalue weighted by atomic mass is 32.2. The van der Waals surface area contributed by atoms with Gasteiger partial charge in [-0.15, -0.1) is 0 Å². The minimum Gasteiger partial charge on any atom is -0.481 e. The lowest BCUT2D eigenvalue weighted by Crippen LogP contribution is -2.49. The third-order valence-electron chi connectivity index (χ3n) is 5.68. The SMILES string of the molecule is O=C(O)CCCC(=O)O.OCCOCCN1CCN(C2=Nc3ccccc3Sc3ccccc32)CC1. The summed E-state index contributed by atoms with van der Waals surface area (Å²) < 4.78 is 5.40. The second kappa shape index (κ2) is 14.6. The Balaban J connectivity index is 0.000000345. The zero-order valence-corrected chi connectivity index (χ0v) is 21.0. The maximum absolute atomic E-state index is 9.79. The van der Waals surface area contributed by atoms with Crippen LogP contribution in [-0.2, 0) is 14.3 Å². The molecule has 2 aromatic rings. The van der Waals surface area contributed by atoms with Crippen molar-refractivity contribution < 1.29 is 29.6 Å². The van der Waals surface area contributed by atoms with Crippen molar-refractivity contribution in [2.24, 2.45) is 4.99 Å². The van der Waals surface area contributed by atoms with Crippen LogP contribution in [0.4, 0.5) is 5.69 Å². The molecule has 36 heavy (non-hydrogen) atoms. The van der Waals surface area contributed by atoms with Gasteiger partial charge in [0.15, 0.2) is 0 Å². The second-order valence-electron chi connectivity index (χ2n) is 8.31. The maximum Gasteiger partial charge on any atom is 0.303 e. The van der Waals surface area contributed by atoms with E-state index in [-0.39, 0.29) is 25.9 Å². The normalized spacial score (nSPS) is 15.0. The van der Waals surface area contributed by atoms with E-state index in [1.807, 2.05) is 0 Å². The lowest BCUT2D eigenvalue weighted by molar-refractivity contribution is -0.138. The van der Waals surface area contributed by atoms with Crippen LogP contribution >= 0.6 is 11.8 Å². The molecule has 194 valence electrons. The molecule has 0 unspecified atom stereocenters. The molecule has 0 spiro atoms. The van der Waals surface area contributed by atoms with Gasteiger partial charge in [-0.3, -0.25) is 14.5 Å². The summed E-state index contributed by atoms with van der Waals surface area (Å²) in [5.74, 6) is -0.813. The molecular formula is C26H33N3O6S. The quantitative estimate of drug-likeness (QED) is 0.432. The summed E-state index contributed by atoms with van der Waals surface area (Å²) in [6, 6.07) is 16.9. The molecule has 0 amide bonds. The van der Waals surface area contributed by atoms with Crippen LogP contribution in [-0.4, -0.2) is 95.4 Å². The first kappa shape index (κ1) is 27.7. The highest BCUT2D eigenvalue weighted by Gasteiger charge is 2.25. The third kappa shape index (κ3) is 8.63. The van der Waals surface area contributed by atoms with Gasteiger partial charge < -0.3 is 25.0 Å². The van der Waals surface area contributed by atoms with Crippen LogP contribution in [0.2, 0.25) is 0 Å². The van der Waals surface area contributed by atoms with Gasteiger partial charge in [0.25, 0.3) is 0 Å². The smallest absolute Gasteiger partial charge is 0.303 e. The van der Waals surface area contributed by atoms with Gasteiger partial charge in [0.05, 0.1) is 25.5 Å². The molecule has 0 aliphatic carbocycles. The van der Waals surface area contributed by atoms with E-state index < -0.39 is 11.9 Å². The maximum atomic E-state index is 9.79. The number of hydrogen-bond acceptors (Lipinski definition) is 8. The number of aliphatic hydroxyl groups excluding tert-OH is 1. The fourth-order valence-electron chi connectivity index (χ4n) is 3.84. The Morgan fingerprint density at radius 3 is 2.19 bits per heavy atom. The summed E-state index contributed by atoms with van der Waals surface area (Å²) in [5.41, 5.74) is 2.27. The number of amidine groups is 1. The molecule has 2 aliphatic heterocycles. The molecule has 0 radical (unpaired) electrons. The highest BCUT2D eigenvalue weighted by Crippen LogP contribution is 2.40. The molecule has 3 N–H and O–H groups in total. The monoisotopic (exact) mass is 515 g/mol. The van der Waals surface area contributed by atoms with Gasteiger partial charge >= 0.3 is 11.9 Å². The first-order valence-electron chi connectivity index (χ1n) is 12.0. The number of carbonyl (C=O) groups is 2. The van der Waals surface area contributed by atoms with E-state index in [0.29, 0.717) is 13.2 Å². The number of aliphatic imine (C=N–C) groups is 1. The van der Waals surface area contributed by atoms with Gasteiger partial charge in [-0.2, -0.15) is 0 Å². The van der Waals surface area contributed by atoms with Crippen LogP contribution in [0.5, 0.6) is 0 Å². The number of rotatable bonds is 9. The van der Waals surface area contributed by atoms with E-state index in [0.717, 1.165) is 44.2 Å². The first-order chi connectivity index (χ1) is 17.5. The average Bonchev–Trinajstić information content (AvgIpc) is 3.04. The molecule has 2 aliphatic rings. The fourth-order valence-corrected chi connectivity index (χ4v) is 4.86. The number of ether oxygens (including phenoxy) is 1. The zero-order chi connectivity index (χ0) is 25.8. The molecule has 10 heteroatoms. The minimum absolute atomic E-state index is 0.0632. The van der Waals surface area contributed by atoms with E-state index in [2.05, 4.69) is 58.3 Å². The van der Waals surface area contributed by atoms with Gasteiger partial charge in [0.2, 0.25) is 0 Å². The number of nitrogens with zero attached hydrogens (tertiary/aromatic N) is 3. The number of aliphatic carboxylic acids is 2. The van der Waals surface area contributed by atoms with E-state index in [1.54, 1.807) is 11.8 Å². The average molecular weight is 516 g/mol. The standard InChI is InChI=1S/C21H25N3O2S.C5H8O4/c25-14-16-26-15-13-23-9-11-24(12-10-23)21-17-5-1-3-7-19(17)27-20-8-4-2-6-18(20)22-21;6-4(7)2-1-3-5(8)9/h1-8,25H,9-16H2;1-3H2,(H,6,7)(H,8,9). The Labute approximate surface area is 215 Å². The van der Waals surface area contributed by atoms with E-state index in [9.17, 15) is 9.59 Å². The number of piperazine rings is 1. The van der Waals surface area contributed by atoms with Crippen molar-refractivity contribution in [1.82, 2.24) is 9.80 Å². The third-order valence-corrected chi connectivity index (χ3v) is 6.82. The van der Waals surface area contributed by atoms with Crippen LogP contribution in [0.25, 0.3) is 0 Å². The molecule has 0 saturated carbocycles. The number of carboxylic acids is 2. The summed E-state index contributed by atoms with van der Waals surface area (Å²) in [5, 5.41) is 24.9. The minimum atomic E-state index is -0.948. The lowest BCUT2D eigenvalue weighted by atomic mass is 10.1. The largest absolute Gasteiger partial charge is 0.481 e. The number of aliphatic hydroxyl groups is 1. The molecule has 0 aromatic heterocycles. The van der Waals surface area contributed by atoms with E-state index in [1.165, 1.54) is 15.4 Å². The Morgan fingerprint density at radius 1 is 0.889 bits per heavy atom. The summed E-state index contributed by atoms with van der Waals surface area (Å²) in [6.45, 7) is 6.01. The topological polar surface area (TPSA) is 123 Å². The van der Waals surface area contributed by atoms with Crippen molar-refractivity contribution in [3.63, 3.8) is 0 Å². The number of carboxylic acid groups (broad SMARTS) is 2. The molecular weight excluding hydrogens is 482 g/mol. The molecule has 4 rings (SSSR count). The van der Waals surface area contributed by atoms with Crippen LogP contribution in [0.3, 0.4) is 0 Å². The van der Waals surface area contributed by atoms with Crippen LogP contribution in [0.1, 0.15) is 24.8 Å². The summed E-state index contributed by atoms with van der Waals surface area (Å²) in [4.78, 5) is 31.9. The molecule has 1 fully saturated rings. The van der Waals surface area contributed by atoms with Crippen molar-refractivity contribution in [1.29, 1.82) is 0 Å². The molecule has 0 bridgehead atoms. The van der Waals surface area contributed by atoms with Crippen LogP contribution in [0, 0.1) is 0 Å². The van der Waals surface area contributed by atoms with Crippen molar-refractivity contribution >= 4 is 35.2 Å². The molecule has 2 aromatic carbocycles. The molecule has 9 nitrogen and oxygen atoms in total. The van der Waals surface area contributed by atoms with Crippen molar-refractivity contribution in [3.8, 4) is 0 Å². The van der Waals surface area contributed by atoms with Gasteiger partial charge in [-0.05, 0) is 24.6 Å². The van der Waals surface area contributed by atoms with Crippen molar-refractivity contribution in [3.05, 3.63) is 54.1 Å². The first-order valence-corrected chi connectivity index (χ1v) is 12.8. The van der Waals surface area contributed by atoms with Gasteiger partial charge in [-0.1, -0.05) is 42.1 Å². The molecule has 1 saturated heterocycles. The number of benzene rings is 2. The molecule has 2 heterocycles. The Morgan fingerprint density at radius 2 is 1.53 bits per heavy atom. The lowest BCUT2D eigenvalue weighted by Gasteiger charge is -2.36. The number of para-hydroxylation sites is 1. The van der Waals surface area contributed by atoms with Gasteiger partial charge in [-0.25, -0.2) is 4.99 Å². The number of fused-ring (bicyclic) bond motifs is 2. The summed E-state index contributed by atoms with van der Waals surface area (Å²) in [6.07, 6.45) is 0.0866. The van der Waals surface area contributed by atoms with E-state index in [4.69, 9.17) is 25.0 Å². The summed E-state index contributed by atoms with van der Waals surface area (Å²) in [7, 11) is 0. The molecule has 0 atom stereocenters. The Kier molecular flexibility index (Phi) is 11.2. The van der Waals surface area contributed by atoms with Crippen LogP contribution < -0.4 is 0 Å². The fraction of sp³-hybridized carbons (Fsp3) is 0.423. The van der Waals surface area contributed by atoms with Crippen molar-refractivity contribution in [2.75, 3.05) is 52.5 Å². The Bertz CT molecular complexity index is 1030. The van der Waals surface area contributed by atoms with Gasteiger partial charge in [0.1, 0.15) is 5.84 Å².